The molecule has 0 heterocycles. The molecule has 0 fully saturated rings. The Morgan fingerprint density at radius 1 is 1.06 bits per heavy atom. The molecule has 0 amide bonds. The van der Waals surface area contributed by atoms with Gasteiger partial charge in [-0.3, -0.25) is 0 Å². The summed E-state index contributed by atoms with van der Waals surface area (Å²) in [6.45, 7) is 11.3. The van der Waals surface area contributed by atoms with Crippen molar-refractivity contribution in [3.8, 4) is 0 Å². The molecular formula is C16H31-. The van der Waals surface area contributed by atoms with Gasteiger partial charge in [0.15, 0.2) is 0 Å². The fraction of sp³-hybridized carbons (Fsp3) is 0.812. The van der Waals surface area contributed by atoms with Crippen molar-refractivity contribution < 1.29 is 0 Å². The van der Waals surface area contributed by atoms with Gasteiger partial charge in [0.05, 0.1) is 0 Å². The molecule has 0 aromatic heterocycles. The van der Waals surface area contributed by atoms with Crippen LogP contribution in [0.5, 0.6) is 0 Å². The molecule has 0 aliphatic heterocycles. The Morgan fingerprint density at radius 2 is 1.69 bits per heavy atom. The van der Waals surface area contributed by atoms with Gasteiger partial charge < -0.3 is 0 Å². The highest BCUT2D eigenvalue weighted by Gasteiger charge is 2.01. The van der Waals surface area contributed by atoms with Crippen LogP contribution in [0.2, 0.25) is 0 Å². The van der Waals surface area contributed by atoms with E-state index >= 15 is 0 Å². The van der Waals surface area contributed by atoms with E-state index in [4.69, 9.17) is 0 Å². The average molecular weight is 223 g/mol. The predicted octanol–water partition coefficient (Wildman–Crippen LogP) is 5.79. The number of hydrogen-bond donors (Lipinski definition) is 0. The first kappa shape index (κ1) is 15.6. The summed E-state index contributed by atoms with van der Waals surface area (Å²) in [5.74, 6) is 1.73. The molecule has 1 atom stereocenters. The van der Waals surface area contributed by atoms with E-state index in [1.807, 2.05) is 0 Å². The minimum atomic E-state index is 0.849. The van der Waals surface area contributed by atoms with E-state index in [1.54, 1.807) is 0 Å². The third-order valence-electron chi connectivity index (χ3n) is 3.30. The maximum Gasteiger partial charge on any atom is -0.0431 e. The second-order valence-corrected chi connectivity index (χ2v) is 5.49. The summed E-state index contributed by atoms with van der Waals surface area (Å²) in [4.78, 5) is 0. The monoisotopic (exact) mass is 223 g/mol. The van der Waals surface area contributed by atoms with Crippen LogP contribution < -0.4 is 0 Å². The molecule has 0 aliphatic rings. The third-order valence-corrected chi connectivity index (χ3v) is 3.30. The fourth-order valence-electron chi connectivity index (χ4n) is 2.13. The van der Waals surface area contributed by atoms with E-state index in [9.17, 15) is 0 Å². The number of unbranched alkanes of at least 4 members (excludes halogenated alkanes) is 2. The minimum absolute atomic E-state index is 0.849. The molecule has 0 rings (SSSR count). The summed E-state index contributed by atoms with van der Waals surface area (Å²) >= 11 is 0. The van der Waals surface area contributed by atoms with Gasteiger partial charge in [-0.05, 0) is 11.8 Å². The largest absolute Gasteiger partial charge is 0.230 e. The Kier molecular flexibility index (Phi) is 9.57. The fourth-order valence-corrected chi connectivity index (χ4v) is 2.13. The van der Waals surface area contributed by atoms with Crippen LogP contribution in [0.4, 0.5) is 0 Å². The lowest BCUT2D eigenvalue weighted by Gasteiger charge is -2.18. The van der Waals surface area contributed by atoms with Crippen LogP contribution in [0.3, 0.4) is 0 Å². The van der Waals surface area contributed by atoms with Crippen molar-refractivity contribution >= 4 is 0 Å². The molecule has 0 saturated carbocycles. The molecular weight excluding hydrogens is 192 g/mol. The summed E-state index contributed by atoms with van der Waals surface area (Å²) in [7, 11) is 0. The Hall–Kier alpha value is -0.390. The summed E-state index contributed by atoms with van der Waals surface area (Å²) < 4.78 is 0. The van der Waals surface area contributed by atoms with Crippen LogP contribution in [-0.4, -0.2) is 0 Å². The smallest absolute Gasteiger partial charge is 0.0431 e. The Labute approximate surface area is 104 Å². The molecule has 0 nitrogen and oxygen atoms in total. The van der Waals surface area contributed by atoms with Crippen LogP contribution in [0.15, 0.2) is 11.6 Å². The Bertz CT molecular complexity index is 176. The van der Waals surface area contributed by atoms with Gasteiger partial charge in [0.25, 0.3) is 0 Å². The van der Waals surface area contributed by atoms with Crippen molar-refractivity contribution in [2.45, 2.75) is 73.1 Å². The lowest BCUT2D eigenvalue weighted by atomic mass is 9.93. The first-order valence-electron chi connectivity index (χ1n) is 7.04. The lowest BCUT2D eigenvalue weighted by Crippen LogP contribution is -1.97. The maximum absolute atomic E-state index is 2.38. The SMILES string of the molecule is C/C=C(\[CH-]C)CC(C)CCCCCC(C)C. The highest BCUT2D eigenvalue weighted by Crippen LogP contribution is 2.20. The summed E-state index contributed by atoms with van der Waals surface area (Å²) in [5.41, 5.74) is 1.51. The Morgan fingerprint density at radius 3 is 2.19 bits per heavy atom. The quantitative estimate of drug-likeness (QED) is 0.343. The van der Waals surface area contributed by atoms with Gasteiger partial charge in [-0.2, -0.15) is 0 Å². The standard InChI is InChI=1S/C16H31/c1-6-16(7-2)13-15(5)12-10-8-9-11-14(3)4/h6-7,14-15H,8-13H2,1-5H3/q-1/b16-6+. The van der Waals surface area contributed by atoms with Crippen molar-refractivity contribution in [3.05, 3.63) is 18.1 Å². The average Bonchev–Trinajstić information content (AvgIpc) is 2.25. The van der Waals surface area contributed by atoms with Crippen molar-refractivity contribution in [2.75, 3.05) is 0 Å². The highest BCUT2D eigenvalue weighted by atomic mass is 14.1. The van der Waals surface area contributed by atoms with Gasteiger partial charge in [0, 0.05) is 0 Å². The minimum Gasteiger partial charge on any atom is -0.230 e. The summed E-state index contributed by atoms with van der Waals surface area (Å²) in [5, 5.41) is 0. The molecule has 0 aromatic rings. The second kappa shape index (κ2) is 9.81. The number of hydrogen-bond acceptors (Lipinski definition) is 0. The van der Waals surface area contributed by atoms with Crippen LogP contribution in [-0.2, 0) is 0 Å². The number of rotatable bonds is 9. The topological polar surface area (TPSA) is 0 Å². The second-order valence-electron chi connectivity index (χ2n) is 5.49. The van der Waals surface area contributed by atoms with Crippen molar-refractivity contribution in [1.82, 2.24) is 0 Å². The van der Waals surface area contributed by atoms with Gasteiger partial charge >= 0.3 is 0 Å². The van der Waals surface area contributed by atoms with Crippen LogP contribution in [0.25, 0.3) is 0 Å². The lowest BCUT2D eigenvalue weighted by molar-refractivity contribution is 0.464. The van der Waals surface area contributed by atoms with Crippen LogP contribution >= 0.6 is 0 Å². The third kappa shape index (κ3) is 8.88. The zero-order valence-electron chi connectivity index (χ0n) is 12.1. The first-order chi connectivity index (χ1) is 7.60. The summed E-state index contributed by atoms with van der Waals surface area (Å²) in [6.07, 6.45) is 12.8. The maximum atomic E-state index is 2.38. The zero-order valence-corrected chi connectivity index (χ0v) is 12.1. The van der Waals surface area contributed by atoms with E-state index in [1.165, 1.54) is 44.1 Å². The Balaban J connectivity index is 3.47. The van der Waals surface area contributed by atoms with E-state index in [-0.39, 0.29) is 0 Å². The van der Waals surface area contributed by atoms with Crippen molar-refractivity contribution in [3.63, 3.8) is 0 Å². The molecule has 0 aromatic carbocycles. The normalized spacial score (nSPS) is 14.2. The van der Waals surface area contributed by atoms with Crippen molar-refractivity contribution in [2.24, 2.45) is 11.8 Å². The van der Waals surface area contributed by atoms with Crippen LogP contribution in [0.1, 0.15) is 73.1 Å². The van der Waals surface area contributed by atoms with E-state index < -0.39 is 0 Å². The number of allylic oxidation sites excluding steroid dienone is 2. The molecule has 0 heteroatoms. The summed E-state index contributed by atoms with van der Waals surface area (Å²) in [6, 6.07) is 0. The van der Waals surface area contributed by atoms with Crippen molar-refractivity contribution in [1.29, 1.82) is 0 Å². The van der Waals surface area contributed by atoms with E-state index in [0.29, 0.717) is 0 Å². The van der Waals surface area contributed by atoms with Gasteiger partial charge in [0.1, 0.15) is 0 Å². The predicted molar refractivity (Wildman–Crippen MR) is 75.4 cm³/mol. The van der Waals surface area contributed by atoms with Gasteiger partial charge in [-0.25, -0.2) is 18.1 Å². The van der Waals surface area contributed by atoms with Crippen LogP contribution in [0, 0.1) is 18.3 Å². The zero-order chi connectivity index (χ0) is 12.4. The molecule has 0 N–H and O–H groups in total. The molecule has 0 saturated heterocycles. The molecule has 0 radical (unpaired) electrons. The highest BCUT2D eigenvalue weighted by molar-refractivity contribution is 5.10. The first-order valence-corrected chi connectivity index (χ1v) is 7.04. The molecule has 0 bridgehead atoms. The van der Waals surface area contributed by atoms with Gasteiger partial charge in [-0.1, -0.05) is 59.3 Å². The van der Waals surface area contributed by atoms with E-state index in [2.05, 4.69) is 47.1 Å². The molecule has 1 unspecified atom stereocenters. The van der Waals surface area contributed by atoms with E-state index in [0.717, 1.165) is 11.8 Å². The van der Waals surface area contributed by atoms with Gasteiger partial charge in [0.2, 0.25) is 0 Å². The molecule has 96 valence electrons. The molecule has 0 aliphatic carbocycles. The molecule has 0 spiro atoms. The molecule has 16 heavy (non-hydrogen) atoms. The van der Waals surface area contributed by atoms with Gasteiger partial charge in [-0.15, -0.1) is 13.8 Å².